The van der Waals surface area contributed by atoms with E-state index in [-0.39, 0.29) is 16.3 Å². The lowest BCUT2D eigenvalue weighted by Crippen LogP contribution is -0.576. The summed E-state index contributed by atoms with van der Waals surface area (Å²) < 4.78 is 0. The molecule has 0 atom stereocenters. The molecule has 0 aromatic heterocycles. The molecule has 0 unspecified atom stereocenters. The zero-order chi connectivity index (χ0) is 24.0. The van der Waals surface area contributed by atoms with Gasteiger partial charge in [0.15, 0.2) is 0 Å². The van der Waals surface area contributed by atoms with E-state index in [1.54, 1.807) is 0 Å². The van der Waals surface area contributed by atoms with Crippen LogP contribution < -0.4 is 0 Å². The second-order valence-electron chi connectivity index (χ2n) is 0. The van der Waals surface area contributed by atoms with E-state index in [0.29, 0.717) is 0 Å². The Kier molecular flexibility index (Phi) is 1700. The Labute approximate surface area is 170 Å². The van der Waals surface area contributed by atoms with Gasteiger partial charge in [0.2, 0.25) is 0 Å². The minimum Gasteiger partial charge on any atom is -0.124 e. The molecule has 0 radical (unpaired) electrons. The fourth-order valence-electron chi connectivity index (χ4n) is 0. The Morgan fingerprint density at radius 1 is 0.154 bits per heavy atom. The van der Waals surface area contributed by atoms with Crippen molar-refractivity contribution in [3.05, 3.63) is 0 Å². The highest BCUT2D eigenvalue weighted by Gasteiger charge is 0.476. The second-order valence-corrected chi connectivity index (χ2v) is 0. The van der Waals surface area contributed by atoms with Crippen LogP contribution in [0.5, 0.6) is 0 Å². The summed E-state index contributed by atoms with van der Waals surface area (Å²) in [6.07, 6.45) is 96.0. The van der Waals surface area contributed by atoms with Gasteiger partial charge in [-0.15, -0.1) is 154 Å². The second kappa shape index (κ2) is 248. The Balaban J connectivity index is -0.00000000443. The first-order chi connectivity index (χ1) is 12.0. The summed E-state index contributed by atoms with van der Waals surface area (Å²) in [7, 11) is 0. The van der Waals surface area contributed by atoms with Crippen molar-refractivity contribution in [2.75, 3.05) is 0 Å². The zero-order valence-corrected chi connectivity index (χ0v) is 13.9. The van der Waals surface area contributed by atoms with Crippen LogP contribution in [0.3, 0.4) is 0 Å². The Bertz CT molecular complexity index is 192. The van der Waals surface area contributed by atoms with Crippen molar-refractivity contribution in [3.63, 3.8) is 0 Å². The molecule has 0 saturated heterocycles. The summed E-state index contributed by atoms with van der Waals surface area (Å²) in [4.78, 5) is 0. The van der Waals surface area contributed by atoms with Crippen molar-refractivity contribution in [2.24, 2.45) is 0 Å². The fourth-order valence-corrected chi connectivity index (χ4v) is 0. The van der Waals surface area contributed by atoms with Crippen LogP contribution in [0.25, 0.3) is 0 Å². The van der Waals surface area contributed by atoms with Crippen molar-refractivity contribution >= 4 is 0 Å². The molecule has 0 bridgehead atoms. The molecule has 138 valence electrons. The van der Waals surface area contributed by atoms with E-state index in [4.69, 9.17) is 0 Å². The molecular weight excluding hydrogens is 312 g/mol. The largest absolute Gasteiger partial charge is 0.124 e. The molecule has 0 spiro atoms. The van der Waals surface area contributed by atoms with Gasteiger partial charge in [-0.1, -0.05) is 14.9 Å². The zero-order valence-electron chi connectivity index (χ0n) is 13.9. The molecule has 0 aromatic rings. The fraction of sp³-hybridized carbons (Fsp3) is 0.0769. The first-order valence-electron chi connectivity index (χ1n) is 4.00. The van der Waals surface area contributed by atoms with Crippen LogP contribution in [0.15, 0.2) is 0 Å². The van der Waals surface area contributed by atoms with Gasteiger partial charge in [-0.2, -0.15) is 0 Å². The predicted octanol–water partition coefficient (Wildman–Crippen LogP) is 4.51. The van der Waals surface area contributed by atoms with Crippen LogP contribution in [-0.2, 0) is 0 Å². The Hall–Kier alpha value is -5.28. The molecule has 0 heterocycles. The van der Waals surface area contributed by atoms with E-state index in [1.165, 1.54) is 0 Å². The van der Waals surface area contributed by atoms with E-state index in [1.807, 2.05) is 0 Å². The molecular formula is C26H34. The van der Waals surface area contributed by atoms with Crippen LogP contribution in [0.2, 0.25) is 0 Å². The Morgan fingerprint density at radius 3 is 0.154 bits per heavy atom. The molecule has 0 fully saturated rings. The third kappa shape index (κ3) is 211. The Morgan fingerprint density at radius 2 is 0.154 bits per heavy atom. The first-order valence-corrected chi connectivity index (χ1v) is 4.00. The van der Waals surface area contributed by atoms with E-state index in [0.717, 1.165) is 0 Å². The lowest BCUT2D eigenvalue weighted by molar-refractivity contribution is 2.50. The molecule has 0 aliphatic carbocycles. The number of rotatable bonds is 0. The van der Waals surface area contributed by atoms with Crippen LogP contribution in [0, 0.1) is 154 Å². The molecule has 0 heteroatoms. The van der Waals surface area contributed by atoms with Gasteiger partial charge in [0, 0.05) is 1.43 Å². The summed E-state index contributed by atoms with van der Waals surface area (Å²) in [6, 6.07) is 0. The number of hydrogen-bond donors (Lipinski definition) is 0. The highest BCUT2D eigenvalue weighted by atomic mass is 12.6. The highest BCUT2D eigenvalue weighted by Crippen LogP contribution is 0.601. The molecule has 0 nitrogen and oxygen atoms in total. The van der Waals surface area contributed by atoms with Crippen LogP contribution in [0.1, 0.15) is 16.3 Å². The molecule has 0 aliphatic rings. The lowest BCUT2D eigenvalue weighted by atomic mass is 11.4. The van der Waals surface area contributed by atoms with Crippen LogP contribution >= 0.6 is 0 Å². The minimum atomic E-state index is 0. The maximum atomic E-state index is 4.00. The summed E-state index contributed by atoms with van der Waals surface area (Å²) in [5, 5.41) is 0. The van der Waals surface area contributed by atoms with E-state index in [9.17, 15) is 0 Å². The van der Waals surface area contributed by atoms with Gasteiger partial charge in [0.25, 0.3) is 0 Å². The molecule has 0 amide bonds. The highest BCUT2D eigenvalue weighted by molar-refractivity contribution is 4.49. The summed E-state index contributed by atoms with van der Waals surface area (Å²) in [5.74, 6) is 0. The van der Waals surface area contributed by atoms with Gasteiger partial charge in [-0.05, 0) is 0 Å². The van der Waals surface area contributed by atoms with Gasteiger partial charge >= 0.3 is 0 Å². The quantitative estimate of drug-likeness (QED) is 0.565. The summed E-state index contributed by atoms with van der Waals surface area (Å²) in [6.45, 7) is 0. The summed E-state index contributed by atoms with van der Waals surface area (Å²) >= 11 is 0. The summed E-state index contributed by atoms with van der Waals surface area (Å²) in [5.41, 5.74) is 0. The molecule has 0 aromatic carbocycles. The lowest BCUT2D eigenvalue weighted by Gasteiger charge is -0.701. The standard InChI is InChI=1S/12C2H2.2CH4.H2/c12*1-2;;;/h12*1-2H;2*1H4;1H/i;;;;;;;;;;;;;;1+2. The molecule has 0 N–H and O–H groups in total. The number of hydrogen-bond acceptors (Lipinski definition) is 0. The average molecular weight is 349 g/mol. The van der Waals surface area contributed by atoms with Crippen molar-refractivity contribution in [3.8, 4) is 154 Å². The maximum Gasteiger partial charge on any atom is 0 e. The molecule has 0 saturated carbocycles. The number of terminal acetylenes is 12. The van der Waals surface area contributed by atoms with Crippen molar-refractivity contribution in [1.29, 1.82) is 0 Å². The van der Waals surface area contributed by atoms with E-state index >= 15 is 0 Å². The van der Waals surface area contributed by atoms with E-state index < -0.39 is 0 Å². The van der Waals surface area contributed by atoms with Gasteiger partial charge in [0.05, 0.1) is 0 Å². The van der Waals surface area contributed by atoms with Crippen molar-refractivity contribution < 1.29 is 1.43 Å². The van der Waals surface area contributed by atoms with Gasteiger partial charge in [-0.25, -0.2) is 0 Å². The van der Waals surface area contributed by atoms with Crippen molar-refractivity contribution in [1.82, 2.24) is 0 Å². The maximum absolute atomic E-state index is 4.00. The molecule has 0 aliphatic heterocycles. The van der Waals surface area contributed by atoms with Crippen molar-refractivity contribution in [2.45, 2.75) is 14.9 Å². The molecule has 0 rings (SSSR count). The minimum absolute atomic E-state index is 0. The third-order valence-corrected chi connectivity index (χ3v) is 0. The smallest absolute Gasteiger partial charge is 0 e. The van der Waals surface area contributed by atoms with Crippen LogP contribution in [0.4, 0.5) is 0 Å². The van der Waals surface area contributed by atoms with Crippen LogP contribution in [-0.4, -0.2) is 0 Å². The molecule has 26 heavy (non-hydrogen) atoms. The normalized spacial score (nSPS) is 0.923. The van der Waals surface area contributed by atoms with E-state index in [2.05, 4.69) is 154 Å². The monoisotopic (exact) mass is 348 g/mol. The third-order valence-electron chi connectivity index (χ3n) is 0. The topological polar surface area (TPSA) is 0 Å². The predicted molar refractivity (Wildman–Crippen MR) is 134 cm³/mol. The SMILES string of the molecule is C.C.C#C.C#C.C#C.C#C.C#C.C#C.C#C.C#C.C#C.C#C.C#C.C#C.[3HH]. The average Bonchev–Trinajstić information content (AvgIpc) is 2.84. The van der Waals surface area contributed by atoms with Gasteiger partial charge in [0.1, 0.15) is 0 Å². The first kappa shape index (κ1) is 178. The van der Waals surface area contributed by atoms with Gasteiger partial charge in [-0.3, -0.25) is 0 Å². The van der Waals surface area contributed by atoms with Gasteiger partial charge < -0.3 is 0 Å².